The quantitative estimate of drug-likeness (QED) is 0.133. The van der Waals surface area contributed by atoms with Gasteiger partial charge in [0.2, 0.25) is 0 Å². The summed E-state index contributed by atoms with van der Waals surface area (Å²) in [6, 6.07) is 106. The second-order valence-corrected chi connectivity index (χ2v) is 18.5. The summed E-state index contributed by atoms with van der Waals surface area (Å²) in [5.41, 5.74) is 21.0. The Labute approximate surface area is 420 Å². The zero-order valence-corrected chi connectivity index (χ0v) is 39.6. The lowest BCUT2D eigenvalue weighted by Gasteiger charge is -2.27. The number of nitrogens with zero attached hydrogens (tertiary/aromatic N) is 2. The molecule has 0 amide bonds. The Balaban J connectivity index is 0.960. The van der Waals surface area contributed by atoms with E-state index in [0.717, 1.165) is 33.9 Å². The van der Waals surface area contributed by atoms with Gasteiger partial charge in [-0.15, -0.1) is 0 Å². The van der Waals surface area contributed by atoms with E-state index >= 15 is 0 Å². The summed E-state index contributed by atoms with van der Waals surface area (Å²) in [7, 11) is 0. The van der Waals surface area contributed by atoms with Crippen LogP contribution < -0.4 is 4.90 Å². The van der Waals surface area contributed by atoms with Gasteiger partial charge >= 0.3 is 0 Å². The van der Waals surface area contributed by atoms with Crippen LogP contribution in [0.2, 0.25) is 0 Å². The summed E-state index contributed by atoms with van der Waals surface area (Å²) < 4.78 is 2.45. The molecule has 72 heavy (non-hydrogen) atoms. The number of fused-ring (bicyclic) bond motifs is 5. The molecule has 2 heteroatoms. The fourth-order valence-electron chi connectivity index (χ4n) is 10.8. The third-order valence-corrected chi connectivity index (χ3v) is 14.2. The molecular weight excluding hydrogens is 869 g/mol. The van der Waals surface area contributed by atoms with Crippen molar-refractivity contribution in [3.8, 4) is 72.4 Å². The fourth-order valence-corrected chi connectivity index (χ4v) is 10.8. The zero-order chi connectivity index (χ0) is 47.8. The maximum atomic E-state index is 2.45. The molecule has 0 radical (unpaired) electrons. The largest absolute Gasteiger partial charge is 0.310 e. The maximum Gasteiger partial charge on any atom is 0.0619 e. The first-order chi connectivity index (χ1) is 35.7. The predicted octanol–water partition coefficient (Wildman–Crippen LogP) is 19.4. The first-order valence-electron chi connectivity index (χ1n) is 24.7. The summed E-state index contributed by atoms with van der Waals surface area (Å²) in [5.74, 6) is 0. The van der Waals surface area contributed by atoms with Crippen LogP contribution in [0.1, 0.15) is 0 Å². The molecule has 0 N–H and O–H groups in total. The molecule has 0 spiro atoms. The molecule has 12 aromatic carbocycles. The van der Waals surface area contributed by atoms with E-state index < -0.39 is 0 Å². The molecule has 0 unspecified atom stereocenters. The lowest BCUT2D eigenvalue weighted by Crippen LogP contribution is -2.10. The van der Waals surface area contributed by atoms with Crippen molar-refractivity contribution in [1.29, 1.82) is 0 Å². The normalized spacial score (nSPS) is 11.3. The van der Waals surface area contributed by atoms with E-state index in [2.05, 4.69) is 301 Å². The van der Waals surface area contributed by atoms with Crippen molar-refractivity contribution in [3.05, 3.63) is 291 Å². The summed E-state index contributed by atoms with van der Waals surface area (Å²) in [6.07, 6.45) is 0. The van der Waals surface area contributed by atoms with E-state index in [4.69, 9.17) is 0 Å². The standard InChI is InChI=1S/C70H48N2/c1-5-19-49(20-6-1)56-45-57(50-21-7-2-8-22-50)47-58(46-56)51-35-40-60(41-36-51)71(61-42-37-54(38-43-61)64-31-16-15-30-63(64)52-23-9-3-10-24-52)62-29-17-26-55(48-62)65-33-18-34-68-69(65)67-44-39-53-25-13-14-32-66(53)70(67)72(68)59-27-11-4-12-28-59/h1-48H. The highest BCUT2D eigenvalue weighted by atomic mass is 15.1. The lowest BCUT2D eigenvalue weighted by molar-refractivity contribution is 1.19. The maximum absolute atomic E-state index is 2.45. The van der Waals surface area contributed by atoms with Gasteiger partial charge in [-0.2, -0.15) is 0 Å². The second-order valence-electron chi connectivity index (χ2n) is 18.5. The summed E-state index contributed by atoms with van der Waals surface area (Å²) in [5, 5.41) is 4.94. The van der Waals surface area contributed by atoms with Gasteiger partial charge in [-0.1, -0.05) is 218 Å². The SMILES string of the molecule is c1ccc(-c2cc(-c3ccccc3)cc(-c3ccc(N(c4ccc(-c5ccccc5-c5ccccc5)cc4)c4cccc(-c5cccc6c5c5ccc7ccccc7c5n6-c5ccccc5)c4)cc3)c2)cc1. The van der Waals surface area contributed by atoms with Crippen molar-refractivity contribution in [2.75, 3.05) is 4.90 Å². The molecule has 0 aliphatic carbocycles. The summed E-state index contributed by atoms with van der Waals surface area (Å²) in [4.78, 5) is 2.40. The average Bonchev–Trinajstić information content (AvgIpc) is 3.82. The van der Waals surface area contributed by atoms with Crippen molar-refractivity contribution in [1.82, 2.24) is 4.57 Å². The predicted molar refractivity (Wildman–Crippen MR) is 306 cm³/mol. The number of hydrogen-bond donors (Lipinski definition) is 0. The molecular formula is C70H48N2. The number of anilines is 3. The Morgan fingerprint density at radius 3 is 1.32 bits per heavy atom. The van der Waals surface area contributed by atoms with E-state index in [9.17, 15) is 0 Å². The minimum atomic E-state index is 1.07. The monoisotopic (exact) mass is 916 g/mol. The molecule has 0 fully saturated rings. The molecule has 13 aromatic rings. The minimum Gasteiger partial charge on any atom is -0.310 e. The van der Waals surface area contributed by atoms with Gasteiger partial charge in [-0.25, -0.2) is 0 Å². The molecule has 0 aliphatic rings. The van der Waals surface area contributed by atoms with Crippen LogP contribution in [0, 0.1) is 0 Å². The van der Waals surface area contributed by atoms with Crippen LogP contribution in [0.5, 0.6) is 0 Å². The van der Waals surface area contributed by atoms with Gasteiger partial charge in [0.05, 0.1) is 11.0 Å². The Bertz CT molecular complexity index is 3990. The Morgan fingerprint density at radius 1 is 0.250 bits per heavy atom. The van der Waals surface area contributed by atoms with Gasteiger partial charge in [0.25, 0.3) is 0 Å². The molecule has 1 aromatic heterocycles. The third kappa shape index (κ3) is 7.82. The topological polar surface area (TPSA) is 8.17 Å². The molecule has 2 nitrogen and oxygen atoms in total. The van der Waals surface area contributed by atoms with Crippen LogP contribution >= 0.6 is 0 Å². The van der Waals surface area contributed by atoms with E-state index in [1.54, 1.807) is 0 Å². The Hall–Kier alpha value is -9.50. The Morgan fingerprint density at radius 2 is 0.708 bits per heavy atom. The first-order valence-corrected chi connectivity index (χ1v) is 24.7. The number of rotatable bonds is 10. The molecule has 13 rings (SSSR count). The van der Waals surface area contributed by atoms with Crippen molar-refractivity contribution >= 4 is 49.6 Å². The number of aromatic nitrogens is 1. The highest BCUT2D eigenvalue weighted by Gasteiger charge is 2.21. The van der Waals surface area contributed by atoms with Crippen LogP contribution in [0.4, 0.5) is 17.1 Å². The lowest BCUT2D eigenvalue weighted by atomic mass is 9.93. The number of para-hydroxylation sites is 1. The highest BCUT2D eigenvalue weighted by molar-refractivity contribution is 6.22. The van der Waals surface area contributed by atoms with Gasteiger partial charge in [0, 0.05) is 38.9 Å². The van der Waals surface area contributed by atoms with Gasteiger partial charge in [0.1, 0.15) is 0 Å². The van der Waals surface area contributed by atoms with Crippen LogP contribution in [0.15, 0.2) is 291 Å². The Kier molecular flexibility index (Phi) is 10.9. The van der Waals surface area contributed by atoms with E-state index in [1.165, 1.54) is 88.2 Å². The second kappa shape index (κ2) is 18.4. The first kappa shape index (κ1) is 42.6. The molecule has 1 heterocycles. The van der Waals surface area contributed by atoms with Crippen LogP contribution in [-0.4, -0.2) is 4.57 Å². The van der Waals surface area contributed by atoms with Crippen molar-refractivity contribution in [3.63, 3.8) is 0 Å². The van der Waals surface area contributed by atoms with Crippen LogP contribution in [0.3, 0.4) is 0 Å². The van der Waals surface area contributed by atoms with Gasteiger partial charge in [-0.3, -0.25) is 0 Å². The van der Waals surface area contributed by atoms with Gasteiger partial charge in [0.15, 0.2) is 0 Å². The molecule has 0 atom stereocenters. The smallest absolute Gasteiger partial charge is 0.0619 e. The average molecular weight is 917 g/mol. The van der Waals surface area contributed by atoms with Crippen molar-refractivity contribution in [2.45, 2.75) is 0 Å². The van der Waals surface area contributed by atoms with E-state index in [1.807, 2.05) is 0 Å². The van der Waals surface area contributed by atoms with Gasteiger partial charge < -0.3 is 9.47 Å². The molecule has 0 saturated heterocycles. The van der Waals surface area contributed by atoms with E-state index in [0.29, 0.717) is 0 Å². The van der Waals surface area contributed by atoms with Crippen molar-refractivity contribution in [2.24, 2.45) is 0 Å². The zero-order valence-electron chi connectivity index (χ0n) is 39.6. The molecule has 0 saturated carbocycles. The number of benzene rings is 12. The van der Waals surface area contributed by atoms with E-state index in [-0.39, 0.29) is 0 Å². The van der Waals surface area contributed by atoms with Crippen molar-refractivity contribution < 1.29 is 0 Å². The molecule has 338 valence electrons. The van der Waals surface area contributed by atoms with Gasteiger partial charge in [-0.05, 0) is 145 Å². The highest BCUT2D eigenvalue weighted by Crippen LogP contribution is 2.44. The molecule has 0 bridgehead atoms. The molecule has 0 aliphatic heterocycles. The van der Waals surface area contributed by atoms with Crippen LogP contribution in [-0.2, 0) is 0 Å². The third-order valence-electron chi connectivity index (χ3n) is 14.2. The van der Waals surface area contributed by atoms with Crippen LogP contribution in [0.25, 0.3) is 105 Å². The summed E-state index contributed by atoms with van der Waals surface area (Å²) >= 11 is 0. The number of hydrogen-bond acceptors (Lipinski definition) is 1. The minimum absolute atomic E-state index is 1.07. The summed E-state index contributed by atoms with van der Waals surface area (Å²) in [6.45, 7) is 0. The fraction of sp³-hybridized carbons (Fsp3) is 0.